The van der Waals surface area contributed by atoms with Crippen molar-refractivity contribution in [3.05, 3.63) is 133 Å². The lowest BCUT2D eigenvalue weighted by Gasteiger charge is -2.24. The van der Waals surface area contributed by atoms with E-state index in [1.54, 1.807) is 25.5 Å². The number of aromatic nitrogens is 1. The number of rotatable bonds is 10. The predicted octanol–water partition coefficient (Wildman–Crippen LogP) is 5.94. The molecule has 8 nitrogen and oxygen atoms in total. The van der Waals surface area contributed by atoms with Crippen LogP contribution >= 0.6 is 11.3 Å². The molecule has 0 saturated carbocycles. The Hall–Kier alpha value is -5.15. The van der Waals surface area contributed by atoms with Gasteiger partial charge >= 0.3 is 5.97 Å². The minimum Gasteiger partial charge on any atom is -0.497 e. The molecule has 234 valence electrons. The average Bonchev–Trinajstić information content (AvgIpc) is 3.37. The van der Waals surface area contributed by atoms with E-state index in [1.807, 2.05) is 73.7 Å². The highest BCUT2D eigenvalue weighted by molar-refractivity contribution is 7.07. The number of ether oxygens (including phenoxy) is 4. The van der Waals surface area contributed by atoms with Gasteiger partial charge in [-0.05, 0) is 78.6 Å². The van der Waals surface area contributed by atoms with Crippen molar-refractivity contribution < 1.29 is 23.7 Å². The number of hydrogen-bond acceptors (Lipinski definition) is 8. The van der Waals surface area contributed by atoms with E-state index in [0.29, 0.717) is 51.1 Å². The van der Waals surface area contributed by atoms with E-state index in [-0.39, 0.29) is 12.2 Å². The van der Waals surface area contributed by atoms with E-state index in [4.69, 9.17) is 18.9 Å². The fraction of sp³-hybridized carbons (Fsp3) is 0.216. The predicted molar refractivity (Wildman–Crippen MR) is 179 cm³/mol. The van der Waals surface area contributed by atoms with E-state index < -0.39 is 12.0 Å². The highest BCUT2D eigenvalue weighted by Crippen LogP contribution is 2.33. The molecule has 0 spiro atoms. The molecule has 1 atom stereocenters. The average molecular weight is 635 g/mol. The number of nitrogens with zero attached hydrogens (tertiary/aromatic N) is 2. The second-order valence-electron chi connectivity index (χ2n) is 10.6. The molecule has 5 aromatic rings. The molecular weight excluding hydrogens is 600 g/mol. The zero-order chi connectivity index (χ0) is 32.2. The van der Waals surface area contributed by atoms with Crippen LogP contribution in [-0.4, -0.2) is 30.9 Å². The third-order valence-corrected chi connectivity index (χ3v) is 8.76. The second-order valence-corrected chi connectivity index (χ2v) is 11.7. The number of esters is 1. The molecule has 46 heavy (non-hydrogen) atoms. The van der Waals surface area contributed by atoms with E-state index in [9.17, 15) is 9.59 Å². The summed E-state index contributed by atoms with van der Waals surface area (Å²) in [5, 5.41) is 2.30. The fourth-order valence-corrected chi connectivity index (χ4v) is 6.67. The number of methoxy groups -OCH3 is 1. The van der Waals surface area contributed by atoms with Gasteiger partial charge in [-0.3, -0.25) is 9.36 Å². The first kappa shape index (κ1) is 30.9. The monoisotopic (exact) mass is 634 g/mol. The second kappa shape index (κ2) is 13.5. The summed E-state index contributed by atoms with van der Waals surface area (Å²) in [4.78, 5) is 32.4. The highest BCUT2D eigenvalue weighted by atomic mass is 32.1. The summed E-state index contributed by atoms with van der Waals surface area (Å²) < 4.78 is 25.0. The molecule has 9 heteroatoms. The van der Waals surface area contributed by atoms with E-state index >= 15 is 0 Å². The summed E-state index contributed by atoms with van der Waals surface area (Å²) in [6.07, 6.45) is 1.81. The van der Waals surface area contributed by atoms with Crippen molar-refractivity contribution in [1.82, 2.24) is 4.57 Å². The van der Waals surface area contributed by atoms with Gasteiger partial charge in [-0.1, -0.05) is 72.0 Å². The molecule has 1 aliphatic heterocycles. The van der Waals surface area contributed by atoms with Crippen LogP contribution in [-0.2, 0) is 16.1 Å². The first-order valence-corrected chi connectivity index (χ1v) is 15.9. The first-order chi connectivity index (χ1) is 22.4. The number of fused-ring (bicyclic) bond motifs is 2. The van der Waals surface area contributed by atoms with Crippen molar-refractivity contribution in [3.8, 4) is 17.2 Å². The van der Waals surface area contributed by atoms with Gasteiger partial charge in [0.2, 0.25) is 0 Å². The molecule has 1 unspecified atom stereocenters. The zero-order valence-electron chi connectivity index (χ0n) is 26.1. The third kappa shape index (κ3) is 6.06. The number of allylic oxidation sites excluding steroid dienone is 1. The Kier molecular flexibility index (Phi) is 9.03. The highest BCUT2D eigenvalue weighted by Gasteiger charge is 2.33. The van der Waals surface area contributed by atoms with Crippen LogP contribution in [0.25, 0.3) is 16.8 Å². The summed E-state index contributed by atoms with van der Waals surface area (Å²) in [6, 6.07) is 26.6. The molecule has 0 fully saturated rings. The summed E-state index contributed by atoms with van der Waals surface area (Å²) >= 11 is 1.27. The van der Waals surface area contributed by atoms with Gasteiger partial charge in [0.1, 0.15) is 12.4 Å². The summed E-state index contributed by atoms with van der Waals surface area (Å²) in [5.41, 5.74) is 3.18. The van der Waals surface area contributed by atoms with Crippen LogP contribution in [0.15, 0.2) is 106 Å². The van der Waals surface area contributed by atoms with Crippen molar-refractivity contribution in [2.24, 2.45) is 4.99 Å². The summed E-state index contributed by atoms with van der Waals surface area (Å²) in [6.45, 7) is 6.48. The molecule has 0 saturated heterocycles. The lowest BCUT2D eigenvalue weighted by molar-refractivity contribution is -0.139. The van der Waals surface area contributed by atoms with Gasteiger partial charge in [-0.25, -0.2) is 9.79 Å². The maximum atomic E-state index is 14.0. The molecule has 4 aromatic carbocycles. The van der Waals surface area contributed by atoms with Gasteiger partial charge < -0.3 is 18.9 Å². The van der Waals surface area contributed by atoms with Crippen LogP contribution in [0.1, 0.15) is 43.5 Å². The molecule has 0 amide bonds. The maximum absolute atomic E-state index is 14.0. The van der Waals surface area contributed by atoms with Crippen molar-refractivity contribution >= 4 is 34.2 Å². The largest absolute Gasteiger partial charge is 0.497 e. The topological polar surface area (TPSA) is 88.4 Å². The lowest BCUT2D eigenvalue weighted by Crippen LogP contribution is -2.39. The normalized spacial score (nSPS) is 14.5. The Labute approximate surface area is 270 Å². The summed E-state index contributed by atoms with van der Waals surface area (Å²) in [5.74, 6) is 1.37. The maximum Gasteiger partial charge on any atom is 0.338 e. The van der Waals surface area contributed by atoms with Crippen LogP contribution in [0.5, 0.6) is 17.2 Å². The first-order valence-electron chi connectivity index (χ1n) is 15.1. The minimum atomic E-state index is -0.702. The Morgan fingerprint density at radius 1 is 0.935 bits per heavy atom. The van der Waals surface area contributed by atoms with Crippen LogP contribution in [0, 0.1) is 0 Å². The quantitative estimate of drug-likeness (QED) is 0.177. The SMILES string of the molecule is CCOC(=O)C1=C(C)N=c2s/c(=C\c3ccc(OCc4cccc5ccccc45)c(OCC)c3)c(=O)n2C1c1ccc(OC)cc1. The van der Waals surface area contributed by atoms with Gasteiger partial charge in [0.25, 0.3) is 5.56 Å². The molecule has 6 rings (SSSR count). The van der Waals surface area contributed by atoms with Crippen LogP contribution in [0.4, 0.5) is 0 Å². The van der Waals surface area contributed by atoms with Gasteiger partial charge in [0.15, 0.2) is 16.3 Å². The van der Waals surface area contributed by atoms with Gasteiger partial charge in [-0.2, -0.15) is 0 Å². The number of carbonyl (C=O) groups is 1. The Morgan fingerprint density at radius 3 is 2.48 bits per heavy atom. The molecule has 0 N–H and O–H groups in total. The Bertz CT molecular complexity index is 2120. The number of hydrogen-bond donors (Lipinski definition) is 0. The van der Waals surface area contributed by atoms with Crippen molar-refractivity contribution in [2.75, 3.05) is 20.3 Å². The van der Waals surface area contributed by atoms with Gasteiger partial charge in [-0.15, -0.1) is 0 Å². The van der Waals surface area contributed by atoms with E-state index in [1.165, 1.54) is 11.3 Å². The summed E-state index contributed by atoms with van der Waals surface area (Å²) in [7, 11) is 1.59. The minimum absolute atomic E-state index is 0.208. The molecule has 2 heterocycles. The zero-order valence-corrected chi connectivity index (χ0v) is 26.9. The van der Waals surface area contributed by atoms with Gasteiger partial charge in [0.05, 0.1) is 42.2 Å². The number of thiazole rings is 1. The number of carbonyl (C=O) groups excluding carboxylic acids is 1. The van der Waals surface area contributed by atoms with Crippen LogP contribution < -0.4 is 29.1 Å². The van der Waals surface area contributed by atoms with Crippen molar-refractivity contribution in [3.63, 3.8) is 0 Å². The van der Waals surface area contributed by atoms with Crippen molar-refractivity contribution in [1.29, 1.82) is 0 Å². The standard InChI is InChI=1S/C37H34N2O6S/c1-5-43-31-20-24(14-19-30(31)45-22-27-12-9-11-25-10-7-8-13-29(25)27)21-32-35(40)39-34(26-15-17-28(42-4)18-16-26)33(36(41)44-6-2)23(3)38-37(39)46-32/h7-21,34H,5-6,22H2,1-4H3/b32-21-. The molecule has 1 aromatic heterocycles. The Morgan fingerprint density at radius 2 is 1.72 bits per heavy atom. The van der Waals surface area contributed by atoms with E-state index in [0.717, 1.165) is 27.5 Å². The van der Waals surface area contributed by atoms with Crippen molar-refractivity contribution in [2.45, 2.75) is 33.4 Å². The fourth-order valence-electron chi connectivity index (χ4n) is 5.62. The van der Waals surface area contributed by atoms with E-state index in [2.05, 4.69) is 29.3 Å². The molecule has 0 radical (unpaired) electrons. The third-order valence-electron chi connectivity index (χ3n) is 7.78. The van der Waals surface area contributed by atoms with Gasteiger partial charge in [0, 0.05) is 0 Å². The lowest BCUT2D eigenvalue weighted by atomic mass is 9.96. The smallest absolute Gasteiger partial charge is 0.338 e. The van der Waals surface area contributed by atoms with Crippen LogP contribution in [0.2, 0.25) is 0 Å². The van der Waals surface area contributed by atoms with Crippen LogP contribution in [0.3, 0.4) is 0 Å². The Balaban J connectivity index is 1.37. The molecule has 1 aliphatic rings. The molecule has 0 aliphatic carbocycles. The molecule has 0 bridgehead atoms. The number of benzene rings is 4. The molecular formula is C37H34N2O6S.